The summed E-state index contributed by atoms with van der Waals surface area (Å²) < 4.78 is 26.3. The van der Waals surface area contributed by atoms with Crippen LogP contribution in [0.4, 0.5) is 5.69 Å². The molecule has 0 fully saturated rings. The Bertz CT molecular complexity index is 1750. The molecule has 0 aliphatic heterocycles. The summed E-state index contributed by atoms with van der Waals surface area (Å²) >= 11 is 1.14. The first-order chi connectivity index (χ1) is 16.8. The van der Waals surface area contributed by atoms with E-state index in [0.717, 1.165) is 11.8 Å². The van der Waals surface area contributed by atoms with Crippen molar-refractivity contribution in [2.45, 2.75) is 10.1 Å². The fourth-order valence-electron chi connectivity index (χ4n) is 3.66. The van der Waals surface area contributed by atoms with Crippen molar-refractivity contribution >= 4 is 50.1 Å². The number of nitrogens with one attached hydrogen (secondary N) is 1. The molecule has 2 heterocycles. The fourth-order valence-corrected chi connectivity index (χ4v) is 4.96. The highest BCUT2D eigenvalue weighted by Gasteiger charge is 2.18. The Kier molecular flexibility index (Phi) is 5.84. The van der Waals surface area contributed by atoms with Gasteiger partial charge in [-0.1, -0.05) is 48.2 Å². The van der Waals surface area contributed by atoms with Crippen molar-refractivity contribution in [2.75, 3.05) is 11.1 Å². The number of carbonyl (C=O) groups excluding carboxylic acids is 1. The van der Waals surface area contributed by atoms with Crippen molar-refractivity contribution in [3.05, 3.63) is 89.2 Å². The van der Waals surface area contributed by atoms with Gasteiger partial charge in [-0.3, -0.25) is 14.0 Å². The smallest absolute Gasteiger partial charge is 0.267 e. The van der Waals surface area contributed by atoms with Crippen molar-refractivity contribution in [1.82, 2.24) is 19.2 Å². The highest BCUT2D eigenvalue weighted by Crippen LogP contribution is 2.23. The summed E-state index contributed by atoms with van der Waals surface area (Å²) in [6.45, 7) is 0. The monoisotopic (exact) mass is 506 g/mol. The minimum absolute atomic E-state index is 0.0286. The Balaban J connectivity index is 1.49. The van der Waals surface area contributed by atoms with Gasteiger partial charge in [0, 0.05) is 5.69 Å². The van der Waals surface area contributed by atoms with Gasteiger partial charge in [0.25, 0.3) is 5.56 Å². The molecule has 10 nitrogen and oxygen atoms in total. The number of sulfonamides is 1. The van der Waals surface area contributed by atoms with Crippen LogP contribution in [-0.2, 0) is 14.8 Å². The highest BCUT2D eigenvalue weighted by molar-refractivity contribution is 7.99. The minimum atomic E-state index is -3.89. The van der Waals surface area contributed by atoms with Gasteiger partial charge < -0.3 is 5.32 Å². The second kappa shape index (κ2) is 8.98. The molecule has 1 amide bonds. The molecule has 35 heavy (non-hydrogen) atoms. The van der Waals surface area contributed by atoms with Crippen molar-refractivity contribution in [3.8, 4) is 5.69 Å². The zero-order valence-electron chi connectivity index (χ0n) is 18.0. The molecule has 0 atom stereocenters. The van der Waals surface area contributed by atoms with Gasteiger partial charge in [-0.25, -0.2) is 18.1 Å². The topological polar surface area (TPSA) is 141 Å². The van der Waals surface area contributed by atoms with E-state index in [9.17, 15) is 18.0 Å². The Labute approximate surface area is 203 Å². The number of para-hydroxylation sites is 2. The molecule has 0 spiro atoms. The van der Waals surface area contributed by atoms with Crippen LogP contribution in [0.3, 0.4) is 0 Å². The van der Waals surface area contributed by atoms with E-state index >= 15 is 0 Å². The van der Waals surface area contributed by atoms with Gasteiger partial charge in [-0.15, -0.1) is 10.2 Å². The van der Waals surface area contributed by atoms with Crippen LogP contribution in [0, 0.1) is 0 Å². The van der Waals surface area contributed by atoms with Gasteiger partial charge in [-0.05, 0) is 42.5 Å². The van der Waals surface area contributed by atoms with Gasteiger partial charge in [0.05, 0.1) is 27.2 Å². The van der Waals surface area contributed by atoms with Crippen LogP contribution in [0.5, 0.6) is 0 Å². The number of nitrogens with zero attached hydrogens (tertiary/aromatic N) is 4. The molecule has 5 aromatic rings. The first-order valence-corrected chi connectivity index (χ1v) is 12.9. The second-order valence-electron chi connectivity index (χ2n) is 7.52. The number of aromatic nitrogens is 4. The molecule has 0 bridgehead atoms. The Hall–Kier alpha value is -4.00. The zero-order chi connectivity index (χ0) is 24.6. The maximum atomic E-state index is 13.3. The molecule has 3 aromatic carbocycles. The number of nitrogens with two attached hydrogens (primary N) is 1. The molecule has 0 radical (unpaired) electrons. The number of hydrogen-bond acceptors (Lipinski definition) is 7. The first-order valence-electron chi connectivity index (χ1n) is 10.3. The maximum absolute atomic E-state index is 13.3. The quantitative estimate of drug-likeness (QED) is 0.337. The number of anilines is 1. The number of amides is 1. The van der Waals surface area contributed by atoms with E-state index in [4.69, 9.17) is 5.14 Å². The van der Waals surface area contributed by atoms with Crippen molar-refractivity contribution in [2.24, 2.45) is 5.14 Å². The van der Waals surface area contributed by atoms with E-state index in [-0.39, 0.29) is 22.1 Å². The number of fused-ring (bicyclic) bond motifs is 3. The maximum Gasteiger partial charge on any atom is 0.267 e. The fraction of sp³-hybridized carbons (Fsp3) is 0.0435. The van der Waals surface area contributed by atoms with Crippen LogP contribution in [-0.4, -0.2) is 39.2 Å². The summed E-state index contributed by atoms with van der Waals surface area (Å²) in [5.41, 5.74) is 1.34. The lowest BCUT2D eigenvalue weighted by molar-refractivity contribution is -0.113. The second-order valence-corrected chi connectivity index (χ2v) is 10.0. The van der Waals surface area contributed by atoms with E-state index in [2.05, 4.69) is 15.5 Å². The SMILES string of the molecule is NS(=O)(=O)c1cccc(NC(=O)CSc2nnc3n(-c4ccccc4)c(=O)c4ccccc4n23)c1. The number of carbonyl (C=O) groups is 1. The van der Waals surface area contributed by atoms with E-state index in [1.807, 2.05) is 24.3 Å². The van der Waals surface area contributed by atoms with Gasteiger partial charge in [0.15, 0.2) is 5.16 Å². The predicted octanol–water partition coefficient (Wildman–Crippen LogP) is 2.41. The molecule has 12 heteroatoms. The molecular formula is C23H18N6O4S2. The summed E-state index contributed by atoms with van der Waals surface area (Å²) in [7, 11) is -3.89. The van der Waals surface area contributed by atoms with Gasteiger partial charge >= 0.3 is 0 Å². The molecule has 0 saturated carbocycles. The van der Waals surface area contributed by atoms with E-state index in [0.29, 0.717) is 33.2 Å². The third-order valence-corrected chi connectivity index (χ3v) is 7.03. The van der Waals surface area contributed by atoms with Crippen molar-refractivity contribution < 1.29 is 13.2 Å². The number of rotatable bonds is 6. The average Bonchev–Trinajstić information content (AvgIpc) is 3.27. The predicted molar refractivity (Wildman–Crippen MR) is 133 cm³/mol. The van der Waals surface area contributed by atoms with Crippen molar-refractivity contribution in [3.63, 3.8) is 0 Å². The van der Waals surface area contributed by atoms with Crippen molar-refractivity contribution in [1.29, 1.82) is 0 Å². The van der Waals surface area contributed by atoms with Crippen LogP contribution in [0.1, 0.15) is 0 Å². The Morgan fingerprint density at radius 1 is 0.971 bits per heavy atom. The normalized spacial score (nSPS) is 11.7. The average molecular weight is 507 g/mol. The molecule has 176 valence electrons. The van der Waals surface area contributed by atoms with Crippen LogP contribution in [0.2, 0.25) is 0 Å². The summed E-state index contributed by atoms with van der Waals surface area (Å²) in [6, 6.07) is 21.9. The van der Waals surface area contributed by atoms with Gasteiger partial charge in [0.1, 0.15) is 0 Å². The summed E-state index contributed by atoms with van der Waals surface area (Å²) in [6.07, 6.45) is 0. The number of hydrogen-bond donors (Lipinski definition) is 2. The van der Waals surface area contributed by atoms with Gasteiger partial charge in [-0.2, -0.15) is 0 Å². The van der Waals surface area contributed by atoms with Crippen LogP contribution >= 0.6 is 11.8 Å². The molecule has 5 rings (SSSR count). The van der Waals surface area contributed by atoms with Gasteiger partial charge in [0.2, 0.25) is 21.7 Å². The molecule has 0 aliphatic carbocycles. The number of primary sulfonamides is 1. The summed E-state index contributed by atoms with van der Waals surface area (Å²) in [4.78, 5) is 25.8. The van der Waals surface area contributed by atoms with Crippen LogP contribution in [0.15, 0.2) is 93.7 Å². The lowest BCUT2D eigenvalue weighted by Gasteiger charge is -2.11. The first kappa shape index (κ1) is 22.8. The number of thioether (sulfide) groups is 1. The largest absolute Gasteiger partial charge is 0.325 e. The highest BCUT2D eigenvalue weighted by atomic mass is 32.2. The summed E-state index contributed by atoms with van der Waals surface area (Å²) in [5, 5.41) is 17.2. The van der Waals surface area contributed by atoms with E-state index in [1.165, 1.54) is 22.8 Å². The molecule has 0 saturated heterocycles. The molecular weight excluding hydrogens is 488 g/mol. The Morgan fingerprint density at radius 2 is 1.71 bits per heavy atom. The van der Waals surface area contributed by atoms with Crippen LogP contribution in [0.25, 0.3) is 22.4 Å². The third-order valence-electron chi connectivity index (χ3n) is 5.19. The third kappa shape index (κ3) is 4.41. The molecule has 0 unspecified atom stereocenters. The Morgan fingerprint density at radius 3 is 2.49 bits per heavy atom. The summed E-state index contributed by atoms with van der Waals surface area (Å²) in [5.74, 6) is -0.0817. The molecule has 3 N–H and O–H groups in total. The minimum Gasteiger partial charge on any atom is -0.325 e. The lowest BCUT2D eigenvalue weighted by atomic mass is 10.2. The molecule has 2 aromatic heterocycles. The van der Waals surface area contributed by atoms with E-state index in [1.54, 1.807) is 40.8 Å². The standard InChI is InChI=1S/C23H18N6O4S2/c24-35(32,33)17-10-6-7-15(13-17)25-20(30)14-34-23-27-26-22-28(16-8-2-1-3-9-16)21(31)18-11-4-5-12-19(18)29(22)23/h1-13H,14H2,(H,25,30)(H2,24,32,33). The number of benzene rings is 3. The zero-order valence-corrected chi connectivity index (χ0v) is 19.7. The van der Waals surface area contributed by atoms with E-state index < -0.39 is 10.0 Å². The lowest BCUT2D eigenvalue weighted by Crippen LogP contribution is -2.22. The van der Waals surface area contributed by atoms with Crippen LogP contribution < -0.4 is 16.0 Å². The molecule has 0 aliphatic rings.